The fraction of sp³-hybridized carbons (Fsp3) is 0.333. The van der Waals surface area contributed by atoms with Crippen molar-refractivity contribution in [3.63, 3.8) is 0 Å². The van der Waals surface area contributed by atoms with Crippen molar-refractivity contribution in [3.05, 3.63) is 65.6 Å². The number of sulfonamides is 1. The summed E-state index contributed by atoms with van der Waals surface area (Å²) in [5, 5.41) is 3.82. The number of hydrogen-bond acceptors (Lipinski definition) is 5. The third kappa shape index (κ3) is 4.49. The number of fused-ring (bicyclic) bond motifs is 1. The van der Waals surface area contributed by atoms with Gasteiger partial charge >= 0.3 is 0 Å². The largest absolute Gasteiger partial charge is 0.346 e. The fourth-order valence-electron chi connectivity index (χ4n) is 4.35. The van der Waals surface area contributed by atoms with Crippen molar-refractivity contribution >= 4 is 27.7 Å². The van der Waals surface area contributed by atoms with Crippen LogP contribution in [0.4, 0.5) is 4.39 Å². The van der Waals surface area contributed by atoms with Crippen molar-refractivity contribution in [2.75, 3.05) is 18.8 Å². The Kier molecular flexibility index (Phi) is 6.46. The molecule has 34 heavy (non-hydrogen) atoms. The average molecular weight is 501 g/mol. The SMILES string of the molecule is O=C(NCc1c(-c2ccc(F)cc2)nc2n1CCS2)c1ccc(S(=O)(=O)N2CCCCC2)cc1. The van der Waals surface area contributed by atoms with Gasteiger partial charge in [-0.15, -0.1) is 0 Å². The molecular weight excluding hydrogens is 475 g/mol. The highest BCUT2D eigenvalue weighted by Gasteiger charge is 2.26. The highest BCUT2D eigenvalue weighted by molar-refractivity contribution is 7.99. The van der Waals surface area contributed by atoms with Crippen LogP contribution in [0.25, 0.3) is 11.3 Å². The molecular formula is C24H25FN4O3S2. The zero-order valence-corrected chi connectivity index (χ0v) is 20.2. The van der Waals surface area contributed by atoms with E-state index in [1.165, 1.54) is 28.6 Å². The first-order valence-electron chi connectivity index (χ1n) is 11.3. The van der Waals surface area contributed by atoms with Crippen LogP contribution in [0, 0.1) is 5.82 Å². The Balaban J connectivity index is 1.32. The molecule has 1 saturated heterocycles. The summed E-state index contributed by atoms with van der Waals surface area (Å²) in [6, 6.07) is 12.2. The van der Waals surface area contributed by atoms with E-state index in [9.17, 15) is 17.6 Å². The molecule has 2 aromatic carbocycles. The summed E-state index contributed by atoms with van der Waals surface area (Å²) in [4.78, 5) is 17.7. The van der Waals surface area contributed by atoms with Crippen LogP contribution in [0.1, 0.15) is 35.3 Å². The number of nitrogens with one attached hydrogen (secondary N) is 1. The Hall–Kier alpha value is -2.69. The van der Waals surface area contributed by atoms with E-state index in [4.69, 9.17) is 4.98 Å². The minimum atomic E-state index is -3.54. The Bertz CT molecular complexity index is 1300. The normalized spacial score (nSPS) is 16.4. The lowest BCUT2D eigenvalue weighted by Gasteiger charge is -2.25. The molecule has 0 radical (unpaired) electrons. The Morgan fingerprint density at radius 1 is 1.00 bits per heavy atom. The zero-order chi connectivity index (χ0) is 23.7. The first kappa shape index (κ1) is 23.1. The van der Waals surface area contributed by atoms with Crippen LogP contribution < -0.4 is 5.32 Å². The van der Waals surface area contributed by atoms with Crippen molar-refractivity contribution in [2.24, 2.45) is 0 Å². The minimum absolute atomic E-state index is 0.204. The molecule has 1 aromatic heterocycles. The molecule has 3 heterocycles. The number of aromatic nitrogens is 2. The van der Waals surface area contributed by atoms with Gasteiger partial charge < -0.3 is 9.88 Å². The second-order valence-corrected chi connectivity index (χ2v) is 11.4. The maximum Gasteiger partial charge on any atom is 0.251 e. The first-order valence-corrected chi connectivity index (χ1v) is 13.7. The van der Waals surface area contributed by atoms with Gasteiger partial charge in [-0.2, -0.15) is 4.31 Å². The standard InChI is InChI=1S/C24H25FN4O3S2/c25-19-8-4-17(5-9-19)22-21(29-14-15-33-24(29)27-22)16-26-23(30)18-6-10-20(11-7-18)34(31,32)28-12-2-1-3-13-28/h4-11H,1-3,12-16H2,(H,26,30). The number of rotatable bonds is 6. The van der Waals surface area contributed by atoms with Crippen LogP contribution in [-0.4, -0.2) is 47.0 Å². The van der Waals surface area contributed by atoms with E-state index >= 15 is 0 Å². The second-order valence-electron chi connectivity index (χ2n) is 8.37. The zero-order valence-electron chi connectivity index (χ0n) is 18.5. The maximum atomic E-state index is 13.4. The first-order chi connectivity index (χ1) is 16.4. The highest BCUT2D eigenvalue weighted by atomic mass is 32.2. The van der Waals surface area contributed by atoms with Gasteiger partial charge in [-0.25, -0.2) is 17.8 Å². The molecule has 7 nitrogen and oxygen atoms in total. The molecule has 178 valence electrons. The molecule has 0 unspecified atom stereocenters. The van der Waals surface area contributed by atoms with E-state index in [0.29, 0.717) is 18.7 Å². The maximum absolute atomic E-state index is 13.4. The lowest BCUT2D eigenvalue weighted by Crippen LogP contribution is -2.35. The molecule has 0 atom stereocenters. The molecule has 0 spiro atoms. The van der Waals surface area contributed by atoms with Crippen LogP contribution in [-0.2, 0) is 23.1 Å². The Morgan fingerprint density at radius 3 is 2.41 bits per heavy atom. The van der Waals surface area contributed by atoms with Crippen molar-refractivity contribution in [3.8, 4) is 11.3 Å². The third-order valence-electron chi connectivity index (χ3n) is 6.19. The van der Waals surface area contributed by atoms with E-state index in [2.05, 4.69) is 9.88 Å². The molecule has 1 N–H and O–H groups in total. The Labute approximate surface area is 202 Å². The van der Waals surface area contributed by atoms with Crippen LogP contribution in [0.5, 0.6) is 0 Å². The quantitative estimate of drug-likeness (QED) is 0.555. The Morgan fingerprint density at radius 2 is 1.71 bits per heavy atom. The number of nitrogens with zero attached hydrogens (tertiary/aromatic N) is 3. The summed E-state index contributed by atoms with van der Waals surface area (Å²) < 4.78 is 42.7. The van der Waals surface area contributed by atoms with Crippen LogP contribution in [0.15, 0.2) is 58.6 Å². The third-order valence-corrected chi connectivity index (χ3v) is 9.06. The highest BCUT2D eigenvalue weighted by Crippen LogP contribution is 2.33. The molecule has 1 fully saturated rings. The van der Waals surface area contributed by atoms with Gasteiger partial charge in [-0.1, -0.05) is 18.2 Å². The summed E-state index contributed by atoms with van der Waals surface area (Å²) in [5.41, 5.74) is 2.77. The predicted molar refractivity (Wildman–Crippen MR) is 129 cm³/mol. The van der Waals surface area contributed by atoms with Gasteiger partial charge in [0, 0.05) is 36.5 Å². The topological polar surface area (TPSA) is 84.3 Å². The molecule has 3 aromatic rings. The number of carbonyl (C=O) groups excluding carboxylic acids is 1. The molecule has 0 aliphatic carbocycles. The van der Waals surface area contributed by atoms with E-state index < -0.39 is 10.0 Å². The van der Waals surface area contributed by atoms with E-state index in [1.807, 2.05) is 0 Å². The molecule has 1 amide bonds. The number of imidazole rings is 1. The van der Waals surface area contributed by atoms with Gasteiger partial charge in [0.15, 0.2) is 5.16 Å². The lowest BCUT2D eigenvalue weighted by molar-refractivity contribution is 0.0950. The van der Waals surface area contributed by atoms with Crippen molar-refractivity contribution in [1.82, 2.24) is 19.2 Å². The van der Waals surface area contributed by atoms with Crippen molar-refractivity contribution in [2.45, 2.75) is 42.4 Å². The van der Waals surface area contributed by atoms with Gasteiger partial charge in [0.2, 0.25) is 10.0 Å². The van der Waals surface area contributed by atoms with Crippen molar-refractivity contribution in [1.29, 1.82) is 0 Å². The van der Waals surface area contributed by atoms with Gasteiger partial charge in [0.25, 0.3) is 5.91 Å². The predicted octanol–water partition coefficient (Wildman–Crippen LogP) is 3.90. The lowest BCUT2D eigenvalue weighted by atomic mass is 10.1. The second kappa shape index (κ2) is 9.52. The average Bonchev–Trinajstić information content (AvgIpc) is 3.45. The van der Waals surface area contributed by atoms with Crippen molar-refractivity contribution < 1.29 is 17.6 Å². The number of halogens is 1. The number of amides is 1. The molecule has 2 aliphatic heterocycles. The van der Waals surface area contributed by atoms with Gasteiger partial charge in [0.1, 0.15) is 5.82 Å². The number of benzene rings is 2. The summed E-state index contributed by atoms with van der Waals surface area (Å²) >= 11 is 1.65. The number of piperidine rings is 1. The molecule has 0 saturated carbocycles. The molecule has 0 bridgehead atoms. The number of thioether (sulfide) groups is 1. The van der Waals surface area contributed by atoms with Crippen LogP contribution in [0.3, 0.4) is 0 Å². The summed E-state index contributed by atoms with van der Waals surface area (Å²) in [6.45, 7) is 2.12. The van der Waals surface area contributed by atoms with E-state index in [0.717, 1.165) is 53.7 Å². The molecule has 10 heteroatoms. The fourth-order valence-corrected chi connectivity index (χ4v) is 6.84. The number of carbonyl (C=O) groups is 1. The summed E-state index contributed by atoms with van der Waals surface area (Å²) in [6.07, 6.45) is 2.79. The van der Waals surface area contributed by atoms with Gasteiger partial charge in [0.05, 0.1) is 22.8 Å². The number of hydrogen-bond donors (Lipinski definition) is 1. The molecule has 5 rings (SSSR count). The summed E-state index contributed by atoms with van der Waals surface area (Å²) in [5.74, 6) is 0.304. The van der Waals surface area contributed by atoms with Crippen LogP contribution in [0.2, 0.25) is 0 Å². The monoisotopic (exact) mass is 500 g/mol. The van der Waals surface area contributed by atoms with Gasteiger partial charge in [-0.05, 0) is 61.4 Å². The van der Waals surface area contributed by atoms with E-state index in [-0.39, 0.29) is 23.2 Å². The van der Waals surface area contributed by atoms with E-state index in [1.54, 1.807) is 36.0 Å². The minimum Gasteiger partial charge on any atom is -0.346 e. The van der Waals surface area contributed by atoms with Crippen LogP contribution >= 0.6 is 11.8 Å². The smallest absolute Gasteiger partial charge is 0.251 e. The summed E-state index contributed by atoms with van der Waals surface area (Å²) in [7, 11) is -3.54. The van der Waals surface area contributed by atoms with Gasteiger partial charge in [-0.3, -0.25) is 4.79 Å². The molecule has 2 aliphatic rings.